The van der Waals surface area contributed by atoms with Gasteiger partial charge in [0.25, 0.3) is 5.91 Å². The van der Waals surface area contributed by atoms with Gasteiger partial charge in [-0.05, 0) is 30.9 Å². The minimum Gasteiger partial charge on any atom is -0.353 e. The minimum absolute atomic E-state index is 0.141. The Kier molecular flexibility index (Phi) is 5.92. The highest BCUT2D eigenvalue weighted by Crippen LogP contribution is 2.10. The Morgan fingerprint density at radius 1 is 1.33 bits per heavy atom. The Balaban J connectivity index is 1.82. The molecule has 0 spiro atoms. The molecule has 0 bridgehead atoms. The molecule has 0 radical (unpaired) electrons. The van der Waals surface area contributed by atoms with Gasteiger partial charge in [-0.25, -0.2) is 0 Å². The second-order valence-corrected chi connectivity index (χ2v) is 5.81. The molecule has 0 aliphatic carbocycles. The summed E-state index contributed by atoms with van der Waals surface area (Å²) >= 11 is 0. The predicted molar refractivity (Wildman–Crippen MR) is 83.5 cm³/mol. The first kappa shape index (κ1) is 15.7. The zero-order chi connectivity index (χ0) is 15.1. The smallest absolute Gasteiger partial charge is 0.271 e. The Morgan fingerprint density at radius 3 is 2.71 bits per heavy atom. The lowest BCUT2D eigenvalue weighted by atomic mass is 10.1. The minimum atomic E-state index is -0.141. The summed E-state index contributed by atoms with van der Waals surface area (Å²) < 4.78 is 0. The van der Waals surface area contributed by atoms with Crippen LogP contribution in [0.2, 0.25) is 0 Å². The maximum absolute atomic E-state index is 11.9. The monoisotopic (exact) mass is 291 g/mol. The molecule has 1 aliphatic heterocycles. The fraction of sp³-hybridized carbons (Fsp3) is 0.667. The zero-order valence-electron chi connectivity index (χ0n) is 12.9. The van der Waals surface area contributed by atoms with E-state index in [-0.39, 0.29) is 5.91 Å². The lowest BCUT2D eigenvalue weighted by Gasteiger charge is -2.27. The van der Waals surface area contributed by atoms with Crippen molar-refractivity contribution in [1.82, 2.24) is 20.8 Å². The van der Waals surface area contributed by atoms with E-state index in [0.717, 1.165) is 44.8 Å². The van der Waals surface area contributed by atoms with Gasteiger partial charge in [-0.1, -0.05) is 13.8 Å². The van der Waals surface area contributed by atoms with Crippen molar-refractivity contribution in [2.75, 3.05) is 37.6 Å². The van der Waals surface area contributed by atoms with Crippen LogP contribution in [0.4, 0.5) is 5.82 Å². The number of hydrogen-bond acceptors (Lipinski definition) is 5. The molecular formula is C15H25N5O. The molecule has 0 aromatic carbocycles. The molecule has 2 heterocycles. The van der Waals surface area contributed by atoms with Crippen LogP contribution in [0.1, 0.15) is 37.2 Å². The SMILES string of the molecule is CC(C)CCCNC(=O)c1ccc(N2CCNCC2)nn1. The van der Waals surface area contributed by atoms with Crippen LogP contribution in [0.3, 0.4) is 0 Å². The third-order valence-electron chi connectivity index (χ3n) is 3.57. The van der Waals surface area contributed by atoms with Gasteiger partial charge in [-0.15, -0.1) is 10.2 Å². The van der Waals surface area contributed by atoms with Crippen molar-refractivity contribution in [1.29, 1.82) is 0 Å². The lowest BCUT2D eigenvalue weighted by molar-refractivity contribution is 0.0946. The van der Waals surface area contributed by atoms with Crippen molar-refractivity contribution in [3.05, 3.63) is 17.8 Å². The van der Waals surface area contributed by atoms with E-state index in [0.29, 0.717) is 18.2 Å². The number of aromatic nitrogens is 2. The molecule has 116 valence electrons. The molecule has 1 aliphatic rings. The van der Waals surface area contributed by atoms with Crippen molar-refractivity contribution >= 4 is 11.7 Å². The van der Waals surface area contributed by atoms with E-state index in [9.17, 15) is 4.79 Å². The number of piperazine rings is 1. The highest BCUT2D eigenvalue weighted by molar-refractivity contribution is 5.92. The first-order chi connectivity index (χ1) is 10.2. The number of carbonyl (C=O) groups is 1. The molecule has 0 atom stereocenters. The maximum Gasteiger partial charge on any atom is 0.271 e. The van der Waals surface area contributed by atoms with Crippen LogP contribution in [0.25, 0.3) is 0 Å². The van der Waals surface area contributed by atoms with Gasteiger partial charge in [-0.3, -0.25) is 4.79 Å². The number of hydrogen-bond donors (Lipinski definition) is 2. The summed E-state index contributed by atoms with van der Waals surface area (Å²) in [6.45, 7) is 8.83. The molecule has 21 heavy (non-hydrogen) atoms. The van der Waals surface area contributed by atoms with Gasteiger partial charge in [0.2, 0.25) is 0 Å². The van der Waals surface area contributed by atoms with Crippen LogP contribution in [0.15, 0.2) is 12.1 Å². The zero-order valence-corrected chi connectivity index (χ0v) is 12.9. The van der Waals surface area contributed by atoms with Crippen molar-refractivity contribution < 1.29 is 4.79 Å². The Hall–Kier alpha value is -1.69. The van der Waals surface area contributed by atoms with Gasteiger partial charge in [0.1, 0.15) is 0 Å². The Labute approximate surface area is 126 Å². The number of nitrogens with zero attached hydrogens (tertiary/aromatic N) is 3. The molecule has 6 nitrogen and oxygen atoms in total. The van der Waals surface area contributed by atoms with Crippen LogP contribution >= 0.6 is 0 Å². The van der Waals surface area contributed by atoms with Gasteiger partial charge < -0.3 is 15.5 Å². The number of rotatable bonds is 6. The van der Waals surface area contributed by atoms with Gasteiger partial charge in [-0.2, -0.15) is 0 Å². The van der Waals surface area contributed by atoms with Crippen LogP contribution in [0.5, 0.6) is 0 Å². The number of carbonyl (C=O) groups excluding carboxylic acids is 1. The van der Waals surface area contributed by atoms with Crippen molar-refractivity contribution in [2.45, 2.75) is 26.7 Å². The van der Waals surface area contributed by atoms with E-state index in [1.165, 1.54) is 0 Å². The molecule has 0 unspecified atom stereocenters. The second kappa shape index (κ2) is 7.93. The van der Waals surface area contributed by atoms with E-state index < -0.39 is 0 Å². The molecule has 1 aromatic heterocycles. The van der Waals surface area contributed by atoms with Crippen LogP contribution in [-0.4, -0.2) is 48.8 Å². The van der Waals surface area contributed by atoms with Gasteiger partial charge in [0, 0.05) is 32.7 Å². The highest BCUT2D eigenvalue weighted by atomic mass is 16.1. The highest BCUT2D eigenvalue weighted by Gasteiger charge is 2.13. The largest absolute Gasteiger partial charge is 0.353 e. The van der Waals surface area contributed by atoms with Gasteiger partial charge in [0.05, 0.1) is 0 Å². The fourth-order valence-electron chi connectivity index (χ4n) is 2.31. The quantitative estimate of drug-likeness (QED) is 0.767. The number of anilines is 1. The normalized spacial score (nSPS) is 15.3. The average molecular weight is 291 g/mol. The van der Waals surface area contributed by atoms with E-state index in [4.69, 9.17) is 0 Å². The molecule has 1 aromatic rings. The molecule has 2 N–H and O–H groups in total. The van der Waals surface area contributed by atoms with Crippen LogP contribution in [-0.2, 0) is 0 Å². The lowest BCUT2D eigenvalue weighted by Crippen LogP contribution is -2.44. The summed E-state index contributed by atoms with van der Waals surface area (Å²) in [5.74, 6) is 1.37. The molecule has 1 saturated heterocycles. The Morgan fingerprint density at radius 2 is 2.10 bits per heavy atom. The molecule has 1 fully saturated rings. The van der Waals surface area contributed by atoms with Crippen LogP contribution < -0.4 is 15.5 Å². The molecule has 1 amide bonds. The fourth-order valence-corrected chi connectivity index (χ4v) is 2.31. The average Bonchev–Trinajstić information content (AvgIpc) is 2.52. The number of nitrogens with one attached hydrogen (secondary N) is 2. The van der Waals surface area contributed by atoms with Gasteiger partial charge >= 0.3 is 0 Å². The topological polar surface area (TPSA) is 70.2 Å². The molecule has 2 rings (SSSR count). The molecular weight excluding hydrogens is 266 g/mol. The predicted octanol–water partition coefficient (Wildman–Crippen LogP) is 1.05. The van der Waals surface area contributed by atoms with Crippen molar-refractivity contribution in [2.24, 2.45) is 5.92 Å². The first-order valence-corrected chi connectivity index (χ1v) is 7.74. The first-order valence-electron chi connectivity index (χ1n) is 7.74. The number of amides is 1. The van der Waals surface area contributed by atoms with E-state index in [2.05, 4.69) is 39.6 Å². The third-order valence-corrected chi connectivity index (χ3v) is 3.57. The molecule has 6 heteroatoms. The second-order valence-electron chi connectivity index (χ2n) is 5.81. The Bertz CT molecular complexity index is 440. The van der Waals surface area contributed by atoms with E-state index in [1.807, 2.05) is 6.07 Å². The standard InChI is InChI=1S/C15H25N5O/c1-12(2)4-3-7-17-15(21)13-5-6-14(19-18-13)20-10-8-16-9-11-20/h5-6,12,16H,3-4,7-11H2,1-2H3,(H,17,21). The summed E-state index contributed by atoms with van der Waals surface area (Å²) in [4.78, 5) is 14.1. The summed E-state index contributed by atoms with van der Waals surface area (Å²) in [7, 11) is 0. The van der Waals surface area contributed by atoms with Crippen LogP contribution in [0, 0.1) is 5.92 Å². The summed E-state index contributed by atoms with van der Waals surface area (Å²) in [6.07, 6.45) is 2.11. The maximum atomic E-state index is 11.9. The summed E-state index contributed by atoms with van der Waals surface area (Å²) in [5.41, 5.74) is 0.387. The van der Waals surface area contributed by atoms with Crippen molar-refractivity contribution in [3.8, 4) is 0 Å². The van der Waals surface area contributed by atoms with Crippen molar-refractivity contribution in [3.63, 3.8) is 0 Å². The van der Waals surface area contributed by atoms with E-state index in [1.54, 1.807) is 6.07 Å². The van der Waals surface area contributed by atoms with Gasteiger partial charge in [0.15, 0.2) is 11.5 Å². The van der Waals surface area contributed by atoms with E-state index >= 15 is 0 Å². The third kappa shape index (κ3) is 4.97. The molecule has 0 saturated carbocycles. The summed E-state index contributed by atoms with van der Waals surface area (Å²) in [6, 6.07) is 3.63. The summed E-state index contributed by atoms with van der Waals surface area (Å²) in [5, 5.41) is 14.4.